The lowest BCUT2D eigenvalue weighted by atomic mass is 10.2. The molecular weight excluding hydrogens is 336 g/mol. The maximum absolute atomic E-state index is 10.7. The fourth-order valence-electron chi connectivity index (χ4n) is 2.13. The minimum atomic E-state index is -0.394. The summed E-state index contributed by atoms with van der Waals surface area (Å²) in [4.78, 5) is 16.2. The minimum absolute atomic E-state index is 0.0972. The summed E-state index contributed by atoms with van der Waals surface area (Å²) in [6, 6.07) is 10.7. The van der Waals surface area contributed by atoms with Gasteiger partial charge in [0.25, 0.3) is 5.69 Å². The van der Waals surface area contributed by atoms with Crippen LogP contribution in [0.4, 0.5) is 5.69 Å². The number of hydrogen-bond donors (Lipinski definition) is 2. The number of non-ortho nitro benzene ring substituents is 1. The number of nitro groups is 1. The van der Waals surface area contributed by atoms with Crippen LogP contribution in [0.5, 0.6) is 0 Å². The second kappa shape index (κ2) is 9.78. The second-order valence-electron chi connectivity index (χ2n) is 6.12. The highest BCUT2D eigenvalue weighted by Crippen LogP contribution is 2.12. The van der Waals surface area contributed by atoms with E-state index in [1.54, 1.807) is 23.5 Å². The molecule has 0 bridgehead atoms. The quantitative estimate of drug-likeness (QED) is 0.326. The number of nitrogens with one attached hydrogen (secondary N) is 2. The molecule has 0 spiro atoms. The SMILES string of the molecule is CC(C)CNC(=NCc1ccc([N+](=O)[O-])cc1)NCCc1cccs1. The van der Waals surface area contributed by atoms with Crippen LogP contribution in [-0.2, 0) is 13.0 Å². The van der Waals surface area contributed by atoms with Crippen LogP contribution in [0.2, 0.25) is 0 Å². The number of guanidine groups is 1. The molecular formula is C18H24N4O2S. The number of thiophene rings is 1. The smallest absolute Gasteiger partial charge is 0.269 e. The Morgan fingerprint density at radius 1 is 1.24 bits per heavy atom. The van der Waals surface area contributed by atoms with Crippen molar-refractivity contribution in [1.29, 1.82) is 0 Å². The molecule has 0 radical (unpaired) electrons. The third kappa shape index (κ3) is 6.93. The lowest BCUT2D eigenvalue weighted by Gasteiger charge is -2.14. The molecule has 25 heavy (non-hydrogen) atoms. The van der Waals surface area contributed by atoms with Crippen molar-refractivity contribution in [3.63, 3.8) is 0 Å². The molecule has 6 nitrogen and oxygen atoms in total. The van der Waals surface area contributed by atoms with Gasteiger partial charge in [-0.2, -0.15) is 0 Å². The van der Waals surface area contributed by atoms with E-state index in [0.29, 0.717) is 12.5 Å². The van der Waals surface area contributed by atoms with Gasteiger partial charge < -0.3 is 10.6 Å². The minimum Gasteiger partial charge on any atom is -0.356 e. The lowest BCUT2D eigenvalue weighted by Crippen LogP contribution is -2.40. The average Bonchev–Trinajstić information content (AvgIpc) is 3.10. The zero-order chi connectivity index (χ0) is 18.1. The highest BCUT2D eigenvalue weighted by molar-refractivity contribution is 7.09. The first kappa shape index (κ1) is 18.9. The van der Waals surface area contributed by atoms with Gasteiger partial charge in [0.05, 0.1) is 11.5 Å². The van der Waals surface area contributed by atoms with E-state index >= 15 is 0 Å². The molecule has 0 saturated carbocycles. The van der Waals surface area contributed by atoms with Crippen molar-refractivity contribution in [3.8, 4) is 0 Å². The van der Waals surface area contributed by atoms with Crippen LogP contribution >= 0.6 is 11.3 Å². The Kier molecular flexibility index (Phi) is 7.40. The summed E-state index contributed by atoms with van der Waals surface area (Å²) in [6.07, 6.45) is 0.956. The molecule has 0 saturated heterocycles. The zero-order valence-corrected chi connectivity index (χ0v) is 15.4. The number of nitro benzene ring substituents is 1. The Hall–Kier alpha value is -2.41. The Balaban J connectivity index is 1.92. The molecule has 1 heterocycles. The van der Waals surface area contributed by atoms with Gasteiger partial charge in [0.2, 0.25) is 0 Å². The molecule has 0 aliphatic heterocycles. The summed E-state index contributed by atoms with van der Waals surface area (Å²) in [5.74, 6) is 1.28. The van der Waals surface area contributed by atoms with Gasteiger partial charge in [-0.3, -0.25) is 10.1 Å². The molecule has 0 aliphatic carbocycles. The number of hydrogen-bond acceptors (Lipinski definition) is 4. The molecule has 0 unspecified atom stereocenters. The third-order valence-corrected chi connectivity index (χ3v) is 4.42. The Morgan fingerprint density at radius 2 is 2.00 bits per heavy atom. The molecule has 1 aromatic heterocycles. The molecule has 0 amide bonds. The number of aliphatic imine (C=N–C) groups is 1. The summed E-state index contributed by atoms with van der Waals surface area (Å²) < 4.78 is 0. The normalized spacial score (nSPS) is 11.6. The number of nitrogens with zero attached hydrogens (tertiary/aromatic N) is 2. The molecule has 0 aliphatic rings. The molecule has 0 fully saturated rings. The molecule has 2 aromatic rings. The van der Waals surface area contributed by atoms with Crippen molar-refractivity contribution >= 4 is 23.0 Å². The van der Waals surface area contributed by atoms with Crippen molar-refractivity contribution < 1.29 is 4.92 Å². The summed E-state index contributed by atoms with van der Waals surface area (Å²) in [7, 11) is 0. The highest BCUT2D eigenvalue weighted by atomic mass is 32.1. The van der Waals surface area contributed by atoms with Gasteiger partial charge >= 0.3 is 0 Å². The van der Waals surface area contributed by atoms with Gasteiger partial charge in [-0.15, -0.1) is 11.3 Å². The fraction of sp³-hybridized carbons (Fsp3) is 0.389. The molecule has 7 heteroatoms. The van der Waals surface area contributed by atoms with E-state index in [2.05, 4.69) is 47.0 Å². The van der Waals surface area contributed by atoms with Crippen molar-refractivity contribution in [1.82, 2.24) is 10.6 Å². The van der Waals surface area contributed by atoms with Gasteiger partial charge in [-0.05, 0) is 29.3 Å². The molecule has 2 N–H and O–H groups in total. The maximum atomic E-state index is 10.7. The van der Waals surface area contributed by atoms with Gasteiger partial charge in [0.15, 0.2) is 5.96 Å². The predicted molar refractivity (Wildman–Crippen MR) is 103 cm³/mol. The van der Waals surface area contributed by atoms with Crippen LogP contribution in [0.1, 0.15) is 24.3 Å². The van der Waals surface area contributed by atoms with Gasteiger partial charge in [0, 0.05) is 30.1 Å². The highest BCUT2D eigenvalue weighted by Gasteiger charge is 2.05. The zero-order valence-electron chi connectivity index (χ0n) is 14.6. The van der Waals surface area contributed by atoms with E-state index in [1.165, 1.54) is 17.0 Å². The van der Waals surface area contributed by atoms with E-state index in [0.717, 1.165) is 31.0 Å². The Morgan fingerprint density at radius 3 is 2.60 bits per heavy atom. The van der Waals surface area contributed by atoms with Crippen molar-refractivity contribution in [3.05, 3.63) is 62.3 Å². The first-order chi connectivity index (χ1) is 12.0. The molecule has 1 aromatic carbocycles. The lowest BCUT2D eigenvalue weighted by molar-refractivity contribution is -0.384. The van der Waals surface area contributed by atoms with Crippen LogP contribution in [0.3, 0.4) is 0 Å². The first-order valence-electron chi connectivity index (χ1n) is 8.32. The molecule has 0 atom stereocenters. The summed E-state index contributed by atoms with van der Waals surface area (Å²) >= 11 is 1.75. The van der Waals surface area contributed by atoms with Gasteiger partial charge in [0.1, 0.15) is 0 Å². The number of benzene rings is 1. The Bertz CT molecular complexity index is 682. The number of rotatable bonds is 8. The monoisotopic (exact) mass is 360 g/mol. The fourth-order valence-corrected chi connectivity index (χ4v) is 2.84. The predicted octanol–water partition coefficient (Wildman–Crippen LogP) is 3.59. The summed E-state index contributed by atoms with van der Waals surface area (Å²) in [5, 5.41) is 19.5. The van der Waals surface area contributed by atoms with Crippen molar-refractivity contribution in [2.45, 2.75) is 26.8 Å². The third-order valence-electron chi connectivity index (χ3n) is 3.49. The van der Waals surface area contributed by atoms with Crippen LogP contribution in [-0.4, -0.2) is 24.0 Å². The van der Waals surface area contributed by atoms with E-state index in [4.69, 9.17) is 0 Å². The Labute approximate surface area is 152 Å². The van der Waals surface area contributed by atoms with Gasteiger partial charge in [-0.1, -0.05) is 32.0 Å². The van der Waals surface area contributed by atoms with Crippen LogP contribution in [0.25, 0.3) is 0 Å². The van der Waals surface area contributed by atoms with E-state index < -0.39 is 4.92 Å². The van der Waals surface area contributed by atoms with Crippen LogP contribution < -0.4 is 10.6 Å². The van der Waals surface area contributed by atoms with Gasteiger partial charge in [-0.25, -0.2) is 4.99 Å². The van der Waals surface area contributed by atoms with Crippen LogP contribution in [0, 0.1) is 16.0 Å². The van der Waals surface area contributed by atoms with Crippen molar-refractivity contribution in [2.75, 3.05) is 13.1 Å². The average molecular weight is 360 g/mol. The van der Waals surface area contributed by atoms with Crippen LogP contribution in [0.15, 0.2) is 46.8 Å². The maximum Gasteiger partial charge on any atom is 0.269 e. The summed E-state index contributed by atoms with van der Waals surface area (Å²) in [6.45, 7) is 6.42. The first-order valence-corrected chi connectivity index (χ1v) is 9.20. The summed E-state index contributed by atoms with van der Waals surface area (Å²) in [5.41, 5.74) is 1.04. The second-order valence-corrected chi connectivity index (χ2v) is 7.15. The molecule has 134 valence electrons. The van der Waals surface area contributed by atoms with E-state index in [1.807, 2.05) is 0 Å². The largest absolute Gasteiger partial charge is 0.356 e. The topological polar surface area (TPSA) is 79.6 Å². The standard InChI is InChI=1S/C18H24N4O2S/c1-14(2)12-20-18(19-10-9-17-4-3-11-25-17)21-13-15-5-7-16(8-6-15)22(23)24/h3-8,11,14H,9-10,12-13H2,1-2H3,(H2,19,20,21). The van der Waals surface area contributed by atoms with Crippen molar-refractivity contribution in [2.24, 2.45) is 10.9 Å². The van der Waals surface area contributed by atoms with E-state index in [9.17, 15) is 10.1 Å². The van der Waals surface area contributed by atoms with E-state index in [-0.39, 0.29) is 5.69 Å². The molecule has 2 rings (SSSR count).